The maximum atomic E-state index is 14.4. The van der Waals surface area contributed by atoms with Crippen molar-refractivity contribution in [2.45, 2.75) is 25.2 Å². The summed E-state index contributed by atoms with van der Waals surface area (Å²) < 4.78 is 5.59. The molecule has 5 nitrogen and oxygen atoms in total. The Labute approximate surface area is 227 Å². The van der Waals surface area contributed by atoms with Gasteiger partial charge in [0.05, 0.1) is 35.2 Å². The van der Waals surface area contributed by atoms with Gasteiger partial charge in [0.2, 0.25) is 11.8 Å². The molecule has 3 aliphatic carbocycles. The zero-order valence-corrected chi connectivity index (χ0v) is 21.9. The van der Waals surface area contributed by atoms with Crippen LogP contribution in [0.5, 0.6) is 5.75 Å². The molecule has 192 valence electrons. The van der Waals surface area contributed by atoms with Crippen molar-refractivity contribution in [2.75, 3.05) is 11.5 Å². The second-order valence-electron chi connectivity index (χ2n) is 10.6. The molecule has 4 aliphatic rings. The number of ether oxygens (including phenoxy) is 1. The second-order valence-corrected chi connectivity index (χ2v) is 10.6. The summed E-state index contributed by atoms with van der Waals surface area (Å²) in [7, 11) is 0. The van der Waals surface area contributed by atoms with Gasteiger partial charge >= 0.3 is 0 Å². The highest BCUT2D eigenvalue weighted by molar-refractivity contribution is 6.25. The topological polar surface area (TPSA) is 59.0 Å². The zero-order valence-electron chi connectivity index (χ0n) is 21.9. The van der Waals surface area contributed by atoms with Crippen molar-refractivity contribution in [3.8, 4) is 5.75 Å². The highest BCUT2D eigenvalue weighted by atomic mass is 16.5. The first-order chi connectivity index (χ1) is 19.0. The molecule has 4 aromatic rings. The fraction of sp³-hybridized carbons (Fsp3) is 0.206. The van der Waals surface area contributed by atoms with E-state index < -0.39 is 17.3 Å². The van der Waals surface area contributed by atoms with E-state index in [1.165, 1.54) is 4.90 Å². The molecule has 4 aromatic carbocycles. The van der Waals surface area contributed by atoms with Crippen molar-refractivity contribution in [3.63, 3.8) is 0 Å². The Morgan fingerprint density at radius 3 is 2.05 bits per heavy atom. The van der Waals surface area contributed by atoms with Gasteiger partial charge in [-0.15, -0.1) is 0 Å². The lowest BCUT2D eigenvalue weighted by Gasteiger charge is -2.52. The van der Waals surface area contributed by atoms with Crippen LogP contribution in [0.1, 0.15) is 40.7 Å². The third-order valence-corrected chi connectivity index (χ3v) is 8.54. The molecule has 0 unspecified atom stereocenters. The number of aliphatic imine (C=N–C) groups is 1. The molecule has 0 N–H and O–H groups in total. The van der Waals surface area contributed by atoms with E-state index in [-0.39, 0.29) is 17.7 Å². The van der Waals surface area contributed by atoms with Crippen LogP contribution in [0.3, 0.4) is 0 Å². The van der Waals surface area contributed by atoms with Crippen LogP contribution in [0.15, 0.2) is 102 Å². The highest BCUT2D eigenvalue weighted by Crippen LogP contribution is 2.63. The van der Waals surface area contributed by atoms with Crippen LogP contribution in [0.25, 0.3) is 0 Å². The third-order valence-electron chi connectivity index (χ3n) is 8.54. The molecule has 0 radical (unpaired) electrons. The van der Waals surface area contributed by atoms with E-state index in [1.807, 2.05) is 80.7 Å². The first-order valence-electron chi connectivity index (χ1n) is 13.5. The number of imide groups is 1. The average molecular weight is 513 g/mol. The summed E-state index contributed by atoms with van der Waals surface area (Å²) in [6.07, 6.45) is 1.94. The van der Waals surface area contributed by atoms with Gasteiger partial charge in [0.25, 0.3) is 0 Å². The largest absolute Gasteiger partial charge is 0.494 e. The molecule has 39 heavy (non-hydrogen) atoms. The zero-order chi connectivity index (χ0) is 26.7. The van der Waals surface area contributed by atoms with Crippen LogP contribution >= 0.6 is 0 Å². The summed E-state index contributed by atoms with van der Waals surface area (Å²) >= 11 is 0. The van der Waals surface area contributed by atoms with E-state index in [1.54, 1.807) is 12.1 Å². The number of rotatable bonds is 5. The lowest BCUT2D eigenvalue weighted by atomic mass is 9.47. The molecule has 0 spiro atoms. The van der Waals surface area contributed by atoms with E-state index in [4.69, 9.17) is 9.73 Å². The van der Waals surface area contributed by atoms with Gasteiger partial charge in [0, 0.05) is 12.1 Å². The molecule has 1 aliphatic heterocycles. The molecule has 0 aromatic heterocycles. The first kappa shape index (κ1) is 23.6. The summed E-state index contributed by atoms with van der Waals surface area (Å²) in [6.45, 7) is 4.52. The smallest absolute Gasteiger partial charge is 0.239 e. The van der Waals surface area contributed by atoms with E-state index in [2.05, 4.69) is 24.3 Å². The van der Waals surface area contributed by atoms with Gasteiger partial charge in [0.15, 0.2) is 0 Å². The van der Waals surface area contributed by atoms with Gasteiger partial charge in [-0.05, 0) is 72.5 Å². The van der Waals surface area contributed by atoms with Crippen LogP contribution in [-0.4, -0.2) is 24.6 Å². The molecular weight excluding hydrogens is 484 g/mol. The second kappa shape index (κ2) is 8.77. The predicted molar refractivity (Wildman–Crippen MR) is 152 cm³/mol. The molecule has 2 atom stereocenters. The molecule has 1 heterocycles. The molecule has 0 saturated carbocycles. The standard InChI is InChI=1S/C34H28N2O3/c1-3-39-24-18-16-23(17-19-24)36-32(37)30-29-25-8-4-6-10-27(25)34(31(30)33(36)38,28-11-7-5-9-26(28)29)20-35-22-14-12-21(2)13-15-22/h4-20,29-31H,3H2,1-2H3/t29?,30-,31-,34?/m1/s1. The van der Waals surface area contributed by atoms with Gasteiger partial charge in [-0.2, -0.15) is 0 Å². The fourth-order valence-corrected chi connectivity index (χ4v) is 6.97. The number of hydrogen-bond acceptors (Lipinski definition) is 4. The normalized spacial score (nSPS) is 24.6. The summed E-state index contributed by atoms with van der Waals surface area (Å²) in [6, 6.07) is 31.8. The Morgan fingerprint density at radius 2 is 1.44 bits per heavy atom. The van der Waals surface area contributed by atoms with Crippen LogP contribution in [0, 0.1) is 18.8 Å². The van der Waals surface area contributed by atoms with E-state index in [9.17, 15) is 9.59 Å². The molecule has 1 saturated heterocycles. The van der Waals surface area contributed by atoms with Crippen LogP contribution in [0.2, 0.25) is 0 Å². The number of carbonyl (C=O) groups is 2. The number of anilines is 1. The van der Waals surface area contributed by atoms with Crippen LogP contribution < -0.4 is 9.64 Å². The van der Waals surface area contributed by atoms with E-state index >= 15 is 0 Å². The molecule has 8 rings (SSSR count). The predicted octanol–water partition coefficient (Wildman–Crippen LogP) is 6.35. The Morgan fingerprint density at radius 1 is 0.821 bits per heavy atom. The lowest BCUT2D eigenvalue weighted by molar-refractivity contribution is -0.122. The van der Waals surface area contributed by atoms with E-state index in [0.717, 1.165) is 33.5 Å². The quantitative estimate of drug-likeness (QED) is 0.231. The number of amides is 2. The first-order valence-corrected chi connectivity index (χ1v) is 13.5. The molecule has 2 amide bonds. The number of benzene rings is 4. The number of hydrogen-bond donors (Lipinski definition) is 0. The number of aryl methyl sites for hydroxylation is 1. The average Bonchev–Trinajstić information content (AvgIpc) is 3.24. The summed E-state index contributed by atoms with van der Waals surface area (Å²) in [5.74, 6) is -0.936. The number of carbonyl (C=O) groups excluding carboxylic acids is 2. The monoisotopic (exact) mass is 512 g/mol. The maximum absolute atomic E-state index is 14.4. The van der Waals surface area contributed by atoms with Crippen molar-refractivity contribution >= 4 is 29.4 Å². The minimum Gasteiger partial charge on any atom is -0.494 e. The molecule has 5 heteroatoms. The van der Waals surface area contributed by atoms with Crippen LogP contribution in [-0.2, 0) is 15.0 Å². The van der Waals surface area contributed by atoms with Gasteiger partial charge < -0.3 is 4.74 Å². The summed E-state index contributed by atoms with van der Waals surface area (Å²) in [5, 5.41) is 0. The van der Waals surface area contributed by atoms with Crippen molar-refractivity contribution < 1.29 is 14.3 Å². The number of nitrogens with zero attached hydrogens (tertiary/aromatic N) is 2. The van der Waals surface area contributed by atoms with Crippen LogP contribution in [0.4, 0.5) is 11.4 Å². The van der Waals surface area contributed by atoms with Crippen molar-refractivity contribution in [3.05, 3.63) is 125 Å². The minimum atomic E-state index is -0.871. The summed E-state index contributed by atoms with van der Waals surface area (Å²) in [5.41, 5.74) is 5.98. The van der Waals surface area contributed by atoms with Gasteiger partial charge in [-0.25, -0.2) is 4.90 Å². The lowest BCUT2D eigenvalue weighted by Crippen LogP contribution is -2.54. The Hall–Kier alpha value is -4.51. The van der Waals surface area contributed by atoms with Crippen molar-refractivity contribution in [1.82, 2.24) is 0 Å². The summed E-state index contributed by atoms with van der Waals surface area (Å²) in [4.78, 5) is 35.1. The van der Waals surface area contributed by atoms with Gasteiger partial charge in [0.1, 0.15) is 5.75 Å². The van der Waals surface area contributed by atoms with E-state index in [0.29, 0.717) is 18.0 Å². The van der Waals surface area contributed by atoms with Gasteiger partial charge in [-0.3, -0.25) is 14.6 Å². The molecule has 2 bridgehead atoms. The van der Waals surface area contributed by atoms with Gasteiger partial charge in [-0.1, -0.05) is 66.2 Å². The molecule has 1 fully saturated rings. The van der Waals surface area contributed by atoms with Crippen molar-refractivity contribution in [1.29, 1.82) is 0 Å². The van der Waals surface area contributed by atoms with Crippen molar-refractivity contribution in [2.24, 2.45) is 16.8 Å². The highest BCUT2D eigenvalue weighted by Gasteiger charge is 2.67. The SMILES string of the molecule is CCOc1ccc(N2C(=O)[C@@H]3C4c5ccccc5C(C=Nc5ccc(C)cc5)(c5ccccc54)[C@H]3C2=O)cc1. The molecular formula is C34H28N2O3. The third kappa shape index (κ3) is 3.29. The minimum absolute atomic E-state index is 0.156. The Kier molecular flexibility index (Phi) is 5.31. The maximum Gasteiger partial charge on any atom is 0.239 e. The fourth-order valence-electron chi connectivity index (χ4n) is 6.97. The Balaban J connectivity index is 1.44. The Bertz CT molecular complexity index is 1590.